The SMILES string of the molecule is C=Cc1cc(CCO[Si](C)(C)C(C)(C)C)cc2c1OCO2. The molecule has 1 aromatic carbocycles. The topological polar surface area (TPSA) is 27.7 Å². The third-order valence-electron chi connectivity index (χ3n) is 4.44. The number of rotatable bonds is 5. The van der Waals surface area contributed by atoms with Gasteiger partial charge in [0.1, 0.15) is 0 Å². The van der Waals surface area contributed by atoms with Gasteiger partial charge in [0.15, 0.2) is 19.8 Å². The van der Waals surface area contributed by atoms with Crippen LogP contribution in [0.25, 0.3) is 6.08 Å². The summed E-state index contributed by atoms with van der Waals surface area (Å²) in [6.45, 7) is 16.2. The van der Waals surface area contributed by atoms with Crippen LogP contribution in [0.3, 0.4) is 0 Å². The maximum absolute atomic E-state index is 6.23. The molecule has 1 aliphatic rings. The van der Waals surface area contributed by atoms with E-state index in [0.717, 1.165) is 30.1 Å². The van der Waals surface area contributed by atoms with Gasteiger partial charge in [0.2, 0.25) is 6.79 Å². The number of ether oxygens (including phenoxy) is 2. The van der Waals surface area contributed by atoms with E-state index >= 15 is 0 Å². The molecule has 0 atom stereocenters. The lowest BCUT2D eigenvalue weighted by molar-refractivity contribution is 0.173. The molecule has 0 amide bonds. The molecule has 3 nitrogen and oxygen atoms in total. The Morgan fingerprint density at radius 3 is 2.62 bits per heavy atom. The molecule has 116 valence electrons. The van der Waals surface area contributed by atoms with Crippen molar-refractivity contribution in [3.63, 3.8) is 0 Å². The molecule has 0 aliphatic carbocycles. The van der Waals surface area contributed by atoms with Crippen molar-refractivity contribution in [2.24, 2.45) is 0 Å². The van der Waals surface area contributed by atoms with Crippen LogP contribution in [0, 0.1) is 0 Å². The monoisotopic (exact) mass is 306 g/mol. The van der Waals surface area contributed by atoms with E-state index < -0.39 is 8.32 Å². The molecule has 4 heteroatoms. The van der Waals surface area contributed by atoms with Crippen LogP contribution in [0.5, 0.6) is 11.5 Å². The second kappa shape index (κ2) is 5.85. The fourth-order valence-electron chi connectivity index (χ4n) is 2.03. The molecule has 0 N–H and O–H groups in total. The lowest BCUT2D eigenvalue weighted by Crippen LogP contribution is -2.41. The molecule has 0 unspecified atom stereocenters. The molecule has 0 bridgehead atoms. The number of hydrogen-bond donors (Lipinski definition) is 0. The zero-order chi connectivity index (χ0) is 15.7. The normalized spacial score (nSPS) is 14.3. The Balaban J connectivity index is 2.03. The lowest BCUT2D eigenvalue weighted by Gasteiger charge is -2.36. The first kappa shape index (κ1) is 16.1. The summed E-state index contributed by atoms with van der Waals surface area (Å²) in [6, 6.07) is 4.15. The van der Waals surface area contributed by atoms with Crippen LogP contribution in [-0.2, 0) is 10.8 Å². The van der Waals surface area contributed by atoms with Gasteiger partial charge in [-0.15, -0.1) is 0 Å². The summed E-state index contributed by atoms with van der Waals surface area (Å²) in [5.41, 5.74) is 2.19. The predicted octanol–water partition coefficient (Wildman–Crippen LogP) is 4.62. The molecule has 21 heavy (non-hydrogen) atoms. The van der Waals surface area contributed by atoms with Crippen LogP contribution in [-0.4, -0.2) is 21.7 Å². The van der Waals surface area contributed by atoms with Gasteiger partial charge in [-0.2, -0.15) is 0 Å². The number of fused-ring (bicyclic) bond motifs is 1. The summed E-state index contributed by atoms with van der Waals surface area (Å²) in [6.07, 6.45) is 2.69. The highest BCUT2D eigenvalue weighted by Gasteiger charge is 2.36. The fraction of sp³-hybridized carbons (Fsp3) is 0.529. The van der Waals surface area contributed by atoms with Crippen molar-refractivity contribution in [1.82, 2.24) is 0 Å². The van der Waals surface area contributed by atoms with Gasteiger partial charge in [0.05, 0.1) is 0 Å². The molecule has 1 aliphatic heterocycles. The quantitative estimate of drug-likeness (QED) is 0.743. The van der Waals surface area contributed by atoms with Crippen molar-refractivity contribution < 1.29 is 13.9 Å². The largest absolute Gasteiger partial charge is 0.454 e. The summed E-state index contributed by atoms with van der Waals surface area (Å²) in [7, 11) is -1.68. The first-order chi connectivity index (χ1) is 9.74. The second-order valence-electron chi connectivity index (χ2n) is 6.98. The minimum atomic E-state index is -1.68. The number of benzene rings is 1. The highest BCUT2D eigenvalue weighted by molar-refractivity contribution is 6.74. The van der Waals surface area contributed by atoms with E-state index in [-0.39, 0.29) is 5.04 Å². The maximum Gasteiger partial charge on any atom is 0.231 e. The maximum atomic E-state index is 6.23. The van der Waals surface area contributed by atoms with Crippen LogP contribution in [0.2, 0.25) is 18.1 Å². The van der Waals surface area contributed by atoms with Crippen molar-refractivity contribution in [2.75, 3.05) is 13.4 Å². The molecule has 2 rings (SSSR count). The minimum absolute atomic E-state index is 0.244. The minimum Gasteiger partial charge on any atom is -0.454 e. The highest BCUT2D eigenvalue weighted by Crippen LogP contribution is 2.38. The smallest absolute Gasteiger partial charge is 0.231 e. The van der Waals surface area contributed by atoms with Gasteiger partial charge in [-0.05, 0) is 42.2 Å². The van der Waals surface area contributed by atoms with Gasteiger partial charge >= 0.3 is 0 Å². The molecule has 1 aromatic rings. The van der Waals surface area contributed by atoms with E-state index in [0.29, 0.717) is 6.79 Å². The summed E-state index contributed by atoms with van der Waals surface area (Å²) in [4.78, 5) is 0. The van der Waals surface area contributed by atoms with E-state index in [4.69, 9.17) is 13.9 Å². The predicted molar refractivity (Wildman–Crippen MR) is 89.5 cm³/mol. The summed E-state index contributed by atoms with van der Waals surface area (Å²) in [5, 5.41) is 0.244. The van der Waals surface area contributed by atoms with Crippen LogP contribution in [0.15, 0.2) is 18.7 Å². The Bertz CT molecular complexity index is 530. The van der Waals surface area contributed by atoms with Gasteiger partial charge in [-0.3, -0.25) is 0 Å². The fourth-order valence-corrected chi connectivity index (χ4v) is 3.08. The summed E-state index contributed by atoms with van der Waals surface area (Å²) in [5.74, 6) is 1.62. The van der Waals surface area contributed by atoms with E-state index in [9.17, 15) is 0 Å². The molecule has 0 fully saturated rings. The summed E-state index contributed by atoms with van der Waals surface area (Å²) >= 11 is 0. The molecule has 0 saturated carbocycles. The van der Waals surface area contributed by atoms with E-state index in [1.165, 1.54) is 5.56 Å². The first-order valence-electron chi connectivity index (χ1n) is 7.43. The molecular formula is C17H26O3Si. The van der Waals surface area contributed by atoms with Crippen LogP contribution < -0.4 is 9.47 Å². The second-order valence-corrected chi connectivity index (χ2v) is 11.8. The van der Waals surface area contributed by atoms with Gasteiger partial charge in [0.25, 0.3) is 0 Å². The Hall–Kier alpha value is -1.26. The molecule has 0 radical (unpaired) electrons. The Morgan fingerprint density at radius 1 is 1.29 bits per heavy atom. The zero-order valence-corrected chi connectivity index (χ0v) is 14.8. The number of hydrogen-bond acceptors (Lipinski definition) is 3. The molecule has 0 aromatic heterocycles. The van der Waals surface area contributed by atoms with Crippen molar-refractivity contribution >= 4 is 14.4 Å². The van der Waals surface area contributed by atoms with Gasteiger partial charge < -0.3 is 13.9 Å². The van der Waals surface area contributed by atoms with Gasteiger partial charge in [-0.25, -0.2) is 0 Å². The van der Waals surface area contributed by atoms with Gasteiger partial charge in [0, 0.05) is 12.2 Å². The van der Waals surface area contributed by atoms with Crippen LogP contribution in [0.4, 0.5) is 0 Å². The van der Waals surface area contributed by atoms with Crippen molar-refractivity contribution in [1.29, 1.82) is 0 Å². The lowest BCUT2D eigenvalue weighted by atomic mass is 10.1. The average Bonchev–Trinajstić information content (AvgIpc) is 2.84. The van der Waals surface area contributed by atoms with Gasteiger partial charge in [-0.1, -0.05) is 33.4 Å². The van der Waals surface area contributed by atoms with E-state index in [1.807, 2.05) is 12.1 Å². The highest BCUT2D eigenvalue weighted by atomic mass is 28.4. The zero-order valence-electron chi connectivity index (χ0n) is 13.8. The van der Waals surface area contributed by atoms with Crippen molar-refractivity contribution in [3.05, 3.63) is 29.8 Å². The Kier molecular flexibility index (Phi) is 4.49. The third-order valence-corrected chi connectivity index (χ3v) is 8.98. The summed E-state index contributed by atoms with van der Waals surface area (Å²) < 4.78 is 17.2. The average molecular weight is 306 g/mol. The van der Waals surface area contributed by atoms with E-state index in [2.05, 4.69) is 46.5 Å². The third kappa shape index (κ3) is 3.50. The Morgan fingerprint density at radius 2 is 2.00 bits per heavy atom. The molecular weight excluding hydrogens is 280 g/mol. The van der Waals surface area contributed by atoms with Crippen LogP contribution in [0.1, 0.15) is 31.9 Å². The molecule has 0 saturated heterocycles. The van der Waals surface area contributed by atoms with Crippen molar-refractivity contribution in [3.8, 4) is 11.5 Å². The first-order valence-corrected chi connectivity index (χ1v) is 10.3. The molecule has 0 spiro atoms. The Labute approximate surface area is 129 Å². The van der Waals surface area contributed by atoms with Crippen molar-refractivity contribution in [2.45, 2.75) is 45.3 Å². The standard InChI is InChI=1S/C17H26O3Si/c1-7-14-10-13(11-15-16(14)19-12-18-15)8-9-20-21(5,6)17(2,3)4/h7,10-11H,1,8-9,12H2,2-6H3. The van der Waals surface area contributed by atoms with Crippen LogP contribution >= 0.6 is 0 Å². The van der Waals surface area contributed by atoms with E-state index in [1.54, 1.807) is 0 Å². The molecule has 1 heterocycles.